The maximum Gasteiger partial charge on any atom is 0.319 e. The predicted molar refractivity (Wildman–Crippen MR) is 79.1 cm³/mol. The van der Waals surface area contributed by atoms with Crippen molar-refractivity contribution in [1.29, 1.82) is 0 Å². The van der Waals surface area contributed by atoms with Gasteiger partial charge in [0.25, 0.3) is 0 Å². The number of hydrogen-bond acceptors (Lipinski definition) is 2. The molecule has 0 heterocycles. The Morgan fingerprint density at radius 2 is 2.10 bits per heavy atom. The van der Waals surface area contributed by atoms with E-state index < -0.39 is 17.8 Å². The Bertz CT molecular complexity index is 511. The van der Waals surface area contributed by atoms with Crippen LogP contribution in [0.4, 0.5) is 14.9 Å². The average Bonchev–Trinajstić information content (AvgIpc) is 2.39. The number of rotatable bonds is 7. The van der Waals surface area contributed by atoms with Gasteiger partial charge in [0.05, 0.1) is 10.7 Å². The first-order valence-electron chi connectivity index (χ1n) is 6.60. The molecule has 0 spiro atoms. The number of carbonyl (C=O) groups is 2. The molecule has 0 saturated heterocycles. The quantitative estimate of drug-likeness (QED) is 0.720. The van der Waals surface area contributed by atoms with E-state index in [2.05, 4.69) is 10.6 Å². The Morgan fingerprint density at radius 1 is 1.38 bits per heavy atom. The topological polar surface area (TPSA) is 78.4 Å². The Balaban J connectivity index is 2.29. The van der Waals surface area contributed by atoms with Crippen molar-refractivity contribution < 1.29 is 19.1 Å². The minimum absolute atomic E-state index is 0.124. The van der Waals surface area contributed by atoms with Crippen LogP contribution in [0, 0.1) is 11.7 Å². The van der Waals surface area contributed by atoms with Crippen LogP contribution in [0.15, 0.2) is 18.2 Å². The van der Waals surface area contributed by atoms with Crippen LogP contribution >= 0.6 is 11.6 Å². The zero-order chi connectivity index (χ0) is 15.8. The van der Waals surface area contributed by atoms with Gasteiger partial charge in [0, 0.05) is 13.0 Å². The second kappa shape index (κ2) is 8.46. The van der Waals surface area contributed by atoms with Gasteiger partial charge in [-0.25, -0.2) is 9.18 Å². The van der Waals surface area contributed by atoms with E-state index in [9.17, 15) is 14.0 Å². The second-order valence-corrected chi connectivity index (χ2v) is 5.24. The Kier molecular flexibility index (Phi) is 6.94. The van der Waals surface area contributed by atoms with Crippen LogP contribution in [0.2, 0.25) is 5.02 Å². The van der Waals surface area contributed by atoms with Crippen LogP contribution in [-0.2, 0) is 4.79 Å². The minimum Gasteiger partial charge on any atom is -0.481 e. The Morgan fingerprint density at radius 3 is 2.71 bits per heavy atom. The number of benzene rings is 1. The van der Waals surface area contributed by atoms with Crippen molar-refractivity contribution in [3.63, 3.8) is 0 Å². The molecular weight excluding hydrogens is 299 g/mol. The lowest BCUT2D eigenvalue weighted by Gasteiger charge is -2.12. The number of nitrogens with one attached hydrogen (secondary N) is 2. The highest BCUT2D eigenvalue weighted by Gasteiger charge is 2.08. The van der Waals surface area contributed by atoms with Crippen LogP contribution < -0.4 is 10.6 Å². The molecule has 21 heavy (non-hydrogen) atoms. The number of halogens is 2. The predicted octanol–water partition coefficient (Wildman–Crippen LogP) is 3.49. The van der Waals surface area contributed by atoms with E-state index in [0.717, 1.165) is 6.07 Å². The molecule has 0 saturated carbocycles. The molecule has 0 aromatic heterocycles. The van der Waals surface area contributed by atoms with Crippen LogP contribution in [0.5, 0.6) is 0 Å². The largest absolute Gasteiger partial charge is 0.481 e. The zero-order valence-corrected chi connectivity index (χ0v) is 12.4. The second-order valence-electron chi connectivity index (χ2n) is 4.83. The van der Waals surface area contributed by atoms with Crippen molar-refractivity contribution in [2.24, 2.45) is 5.92 Å². The molecular formula is C14H18ClFN2O3. The van der Waals surface area contributed by atoms with Gasteiger partial charge in [0.2, 0.25) is 0 Å². The Hall–Kier alpha value is -1.82. The third-order valence-electron chi connectivity index (χ3n) is 2.95. The molecule has 1 unspecified atom stereocenters. The molecule has 0 bridgehead atoms. The maximum atomic E-state index is 12.9. The standard InChI is InChI=1S/C14H18ClFN2O3/c1-9(2-5-13(19)20)6-7-17-14(21)18-12-4-3-10(16)8-11(12)15/h3-4,8-9H,2,5-7H2,1H3,(H,19,20)(H2,17,18,21). The number of hydrogen-bond donors (Lipinski definition) is 3. The van der Waals surface area contributed by atoms with Gasteiger partial charge in [-0.2, -0.15) is 0 Å². The van der Waals surface area contributed by atoms with Crippen molar-refractivity contribution in [1.82, 2.24) is 5.32 Å². The highest BCUT2D eigenvalue weighted by atomic mass is 35.5. The summed E-state index contributed by atoms with van der Waals surface area (Å²) < 4.78 is 12.9. The van der Waals surface area contributed by atoms with Crippen molar-refractivity contribution in [3.05, 3.63) is 29.0 Å². The fourth-order valence-electron chi connectivity index (χ4n) is 1.70. The number of anilines is 1. The van der Waals surface area contributed by atoms with Crippen LogP contribution in [0.1, 0.15) is 26.2 Å². The normalized spacial score (nSPS) is 11.8. The molecule has 0 aliphatic carbocycles. The van der Waals surface area contributed by atoms with Gasteiger partial charge < -0.3 is 15.7 Å². The number of aliphatic carboxylic acids is 1. The van der Waals surface area contributed by atoms with E-state index in [1.54, 1.807) is 0 Å². The Labute approximate surface area is 127 Å². The highest BCUT2D eigenvalue weighted by Crippen LogP contribution is 2.22. The van der Waals surface area contributed by atoms with Crippen molar-refractivity contribution >= 4 is 29.3 Å². The maximum absolute atomic E-state index is 12.9. The number of carboxylic acids is 1. The van der Waals surface area contributed by atoms with E-state index in [1.165, 1.54) is 12.1 Å². The van der Waals surface area contributed by atoms with E-state index in [1.807, 2.05) is 6.92 Å². The summed E-state index contributed by atoms with van der Waals surface area (Å²) in [7, 11) is 0. The molecule has 0 fully saturated rings. The lowest BCUT2D eigenvalue weighted by atomic mass is 10.0. The van der Waals surface area contributed by atoms with Crippen LogP contribution in [0.25, 0.3) is 0 Å². The van der Waals surface area contributed by atoms with Gasteiger partial charge in [0.15, 0.2) is 0 Å². The molecule has 1 rings (SSSR count). The molecule has 1 aromatic rings. The van der Waals surface area contributed by atoms with E-state index in [-0.39, 0.29) is 17.4 Å². The summed E-state index contributed by atoms with van der Waals surface area (Å²) in [4.78, 5) is 22.1. The zero-order valence-electron chi connectivity index (χ0n) is 11.7. The lowest BCUT2D eigenvalue weighted by molar-refractivity contribution is -0.137. The molecule has 5 nitrogen and oxygen atoms in total. The molecule has 1 aromatic carbocycles. The summed E-state index contributed by atoms with van der Waals surface area (Å²) in [6.07, 6.45) is 1.37. The first-order chi connectivity index (χ1) is 9.88. The van der Waals surface area contributed by atoms with Crippen molar-refractivity contribution in [2.75, 3.05) is 11.9 Å². The molecule has 2 amide bonds. The van der Waals surface area contributed by atoms with Crippen LogP contribution in [-0.4, -0.2) is 23.7 Å². The number of carbonyl (C=O) groups excluding carboxylic acids is 1. The summed E-state index contributed by atoms with van der Waals surface area (Å²) in [5.74, 6) is -1.09. The molecule has 0 aliphatic rings. The minimum atomic E-state index is -0.821. The molecule has 0 aliphatic heterocycles. The number of urea groups is 1. The lowest BCUT2D eigenvalue weighted by Crippen LogP contribution is -2.30. The van der Waals surface area contributed by atoms with Gasteiger partial charge in [-0.05, 0) is 37.0 Å². The van der Waals surface area contributed by atoms with E-state index in [0.29, 0.717) is 25.1 Å². The van der Waals surface area contributed by atoms with E-state index in [4.69, 9.17) is 16.7 Å². The van der Waals surface area contributed by atoms with Crippen LogP contribution in [0.3, 0.4) is 0 Å². The van der Waals surface area contributed by atoms with Gasteiger partial charge in [-0.15, -0.1) is 0 Å². The van der Waals surface area contributed by atoms with Crippen molar-refractivity contribution in [2.45, 2.75) is 26.2 Å². The first kappa shape index (κ1) is 17.2. The third-order valence-corrected chi connectivity index (χ3v) is 3.27. The third kappa shape index (κ3) is 6.94. The summed E-state index contributed by atoms with van der Waals surface area (Å²) in [6.45, 7) is 2.35. The molecule has 7 heteroatoms. The summed E-state index contributed by atoms with van der Waals surface area (Å²) in [6, 6.07) is 3.27. The molecule has 3 N–H and O–H groups in total. The number of carboxylic acid groups (broad SMARTS) is 1. The van der Waals surface area contributed by atoms with Gasteiger partial charge in [-0.3, -0.25) is 4.79 Å². The van der Waals surface area contributed by atoms with E-state index >= 15 is 0 Å². The molecule has 1 atom stereocenters. The molecule has 0 radical (unpaired) electrons. The summed E-state index contributed by atoms with van der Waals surface area (Å²) >= 11 is 5.79. The fraction of sp³-hybridized carbons (Fsp3) is 0.429. The highest BCUT2D eigenvalue weighted by molar-refractivity contribution is 6.33. The smallest absolute Gasteiger partial charge is 0.319 e. The average molecular weight is 317 g/mol. The van der Waals surface area contributed by atoms with Crippen molar-refractivity contribution in [3.8, 4) is 0 Å². The first-order valence-corrected chi connectivity index (χ1v) is 6.98. The van der Waals surface area contributed by atoms with Gasteiger partial charge in [-0.1, -0.05) is 18.5 Å². The SMILES string of the molecule is CC(CCNC(=O)Nc1ccc(F)cc1Cl)CCC(=O)O. The van der Waals surface area contributed by atoms with Gasteiger partial charge >= 0.3 is 12.0 Å². The summed E-state index contributed by atoms with van der Waals surface area (Å²) in [5.41, 5.74) is 0.328. The summed E-state index contributed by atoms with van der Waals surface area (Å²) in [5, 5.41) is 13.9. The fourth-order valence-corrected chi connectivity index (χ4v) is 1.92. The molecule has 116 valence electrons. The van der Waals surface area contributed by atoms with Gasteiger partial charge in [0.1, 0.15) is 5.82 Å². The monoisotopic (exact) mass is 316 g/mol. The number of amides is 2.